The van der Waals surface area contributed by atoms with Crippen LogP contribution in [0.15, 0.2) is 35.1 Å². The molecule has 5 nitrogen and oxygen atoms in total. The van der Waals surface area contributed by atoms with Crippen molar-refractivity contribution in [2.75, 3.05) is 19.6 Å². The first-order valence-corrected chi connectivity index (χ1v) is 8.27. The summed E-state index contributed by atoms with van der Waals surface area (Å²) in [6, 6.07) is 4.60. The van der Waals surface area contributed by atoms with E-state index >= 15 is 0 Å². The summed E-state index contributed by atoms with van der Waals surface area (Å²) in [6.07, 6.45) is 3.87. The molecule has 1 atom stereocenters. The Hall–Kier alpha value is -1.73. The molecule has 1 unspecified atom stereocenters. The van der Waals surface area contributed by atoms with E-state index in [1.54, 1.807) is 18.3 Å². The molecule has 0 bridgehead atoms. The van der Waals surface area contributed by atoms with E-state index in [0.717, 1.165) is 17.9 Å². The van der Waals surface area contributed by atoms with E-state index in [4.69, 9.17) is 0 Å². The molecule has 1 fully saturated rings. The van der Waals surface area contributed by atoms with Crippen LogP contribution in [0.1, 0.15) is 17.4 Å². The van der Waals surface area contributed by atoms with Crippen molar-refractivity contribution >= 4 is 21.8 Å². The van der Waals surface area contributed by atoms with Gasteiger partial charge in [0.1, 0.15) is 17.7 Å². The minimum Gasteiger partial charge on any atom is -0.336 e. The van der Waals surface area contributed by atoms with Crippen LogP contribution in [0.2, 0.25) is 0 Å². The molecule has 1 aliphatic heterocycles. The third-order valence-corrected chi connectivity index (χ3v) is 4.67. The fourth-order valence-electron chi connectivity index (χ4n) is 2.86. The van der Waals surface area contributed by atoms with Crippen LogP contribution in [0, 0.1) is 5.82 Å². The summed E-state index contributed by atoms with van der Waals surface area (Å²) in [5, 5.41) is 3.31. The predicted molar refractivity (Wildman–Crippen MR) is 88.3 cm³/mol. The lowest BCUT2D eigenvalue weighted by atomic mass is 10.1. The second-order valence-electron chi connectivity index (χ2n) is 5.63. The van der Waals surface area contributed by atoms with Crippen molar-refractivity contribution in [1.82, 2.24) is 19.8 Å². The van der Waals surface area contributed by atoms with E-state index in [0.29, 0.717) is 17.6 Å². The van der Waals surface area contributed by atoms with Crippen LogP contribution >= 0.6 is 15.9 Å². The monoisotopic (exact) mass is 380 g/mol. The Morgan fingerprint density at radius 2 is 2.35 bits per heavy atom. The number of hydrogen-bond donors (Lipinski definition) is 1. The average molecular weight is 381 g/mol. The third-order valence-electron chi connectivity index (χ3n) is 4.06. The number of carbonyl (C=O) groups excluding carboxylic acids is 1. The largest absolute Gasteiger partial charge is 0.336 e. The summed E-state index contributed by atoms with van der Waals surface area (Å²) >= 11 is 3.16. The highest BCUT2D eigenvalue weighted by atomic mass is 79.9. The minimum atomic E-state index is -0.325. The van der Waals surface area contributed by atoms with Gasteiger partial charge in [-0.15, -0.1) is 0 Å². The Balaban J connectivity index is 1.78. The molecule has 1 N–H and O–H groups in total. The Labute approximate surface area is 142 Å². The number of halogens is 2. The molecule has 1 aliphatic rings. The minimum absolute atomic E-state index is 0.0259. The van der Waals surface area contributed by atoms with Crippen LogP contribution in [0.3, 0.4) is 0 Å². The lowest BCUT2D eigenvalue weighted by Crippen LogP contribution is -2.49. The Morgan fingerprint density at radius 1 is 1.52 bits per heavy atom. The van der Waals surface area contributed by atoms with Gasteiger partial charge in [0, 0.05) is 39.1 Å². The van der Waals surface area contributed by atoms with Crippen molar-refractivity contribution in [2.45, 2.75) is 12.5 Å². The maximum atomic E-state index is 13.3. The van der Waals surface area contributed by atoms with Crippen molar-refractivity contribution in [3.05, 3.63) is 52.3 Å². The molecule has 0 aliphatic carbocycles. The van der Waals surface area contributed by atoms with Gasteiger partial charge in [-0.05, 0) is 33.6 Å². The molecular formula is C16H18BrFN4O. The molecule has 2 aromatic rings. The number of amides is 1. The first-order chi connectivity index (χ1) is 11.1. The smallest absolute Gasteiger partial charge is 0.227 e. The number of piperazine rings is 1. The molecule has 1 amide bonds. The number of carbonyl (C=O) groups is 1. The Bertz CT molecular complexity index is 718. The normalized spacial score (nSPS) is 18.2. The molecule has 1 aromatic carbocycles. The van der Waals surface area contributed by atoms with E-state index in [1.807, 2.05) is 22.7 Å². The van der Waals surface area contributed by atoms with E-state index in [2.05, 4.69) is 26.2 Å². The fraction of sp³-hybridized carbons (Fsp3) is 0.375. The number of rotatable bonds is 3. The summed E-state index contributed by atoms with van der Waals surface area (Å²) in [6.45, 7) is 2.09. The highest BCUT2D eigenvalue weighted by Crippen LogP contribution is 2.23. The number of benzene rings is 1. The summed E-state index contributed by atoms with van der Waals surface area (Å²) in [7, 11) is 1.93. The third kappa shape index (κ3) is 3.45. The van der Waals surface area contributed by atoms with E-state index in [1.165, 1.54) is 6.07 Å². The van der Waals surface area contributed by atoms with Gasteiger partial charge in [-0.1, -0.05) is 6.07 Å². The number of aryl methyl sites for hydroxylation is 1. The molecule has 0 radical (unpaired) electrons. The van der Waals surface area contributed by atoms with Gasteiger partial charge in [0.25, 0.3) is 0 Å². The zero-order chi connectivity index (χ0) is 16.4. The lowest BCUT2D eigenvalue weighted by molar-refractivity contribution is -0.134. The van der Waals surface area contributed by atoms with Gasteiger partial charge < -0.3 is 14.8 Å². The molecule has 2 heterocycles. The molecule has 1 saturated heterocycles. The molecule has 122 valence electrons. The lowest BCUT2D eigenvalue weighted by Gasteiger charge is -2.35. The molecule has 23 heavy (non-hydrogen) atoms. The van der Waals surface area contributed by atoms with Crippen molar-refractivity contribution in [3.63, 3.8) is 0 Å². The van der Waals surface area contributed by atoms with Crippen LogP contribution in [0.5, 0.6) is 0 Å². The summed E-state index contributed by atoms with van der Waals surface area (Å²) in [5.41, 5.74) is 0.792. The molecular weight excluding hydrogens is 363 g/mol. The molecule has 1 aromatic heterocycles. The van der Waals surface area contributed by atoms with Gasteiger partial charge in [-0.25, -0.2) is 9.37 Å². The maximum Gasteiger partial charge on any atom is 0.227 e. The summed E-state index contributed by atoms with van der Waals surface area (Å²) < 4.78 is 15.6. The second-order valence-corrected chi connectivity index (χ2v) is 6.48. The van der Waals surface area contributed by atoms with Crippen LogP contribution in [0.4, 0.5) is 4.39 Å². The topological polar surface area (TPSA) is 50.2 Å². The second kappa shape index (κ2) is 6.80. The average Bonchev–Trinajstić information content (AvgIpc) is 2.97. The number of nitrogens with zero attached hydrogens (tertiary/aromatic N) is 3. The fourth-order valence-corrected chi connectivity index (χ4v) is 3.28. The van der Waals surface area contributed by atoms with Gasteiger partial charge in [-0.2, -0.15) is 0 Å². The zero-order valence-corrected chi connectivity index (χ0v) is 14.4. The highest BCUT2D eigenvalue weighted by Gasteiger charge is 2.30. The quantitative estimate of drug-likeness (QED) is 0.886. The first kappa shape index (κ1) is 16.1. The molecule has 7 heteroatoms. The van der Waals surface area contributed by atoms with E-state index < -0.39 is 0 Å². The standard InChI is InChI=1S/C16H18BrFN4O/c1-21-6-5-20-16(21)14-10-19-4-7-22(14)15(23)9-11-2-3-13(18)12(17)8-11/h2-3,5-6,8,14,19H,4,7,9-10H2,1H3. The summed E-state index contributed by atoms with van der Waals surface area (Å²) in [4.78, 5) is 19.0. The Morgan fingerprint density at radius 3 is 3.04 bits per heavy atom. The number of imidazole rings is 1. The van der Waals surface area contributed by atoms with Crippen molar-refractivity contribution in [3.8, 4) is 0 Å². The molecule has 0 spiro atoms. The van der Waals surface area contributed by atoms with Crippen molar-refractivity contribution in [2.24, 2.45) is 7.05 Å². The van der Waals surface area contributed by atoms with Crippen LogP contribution in [0.25, 0.3) is 0 Å². The number of aromatic nitrogens is 2. The number of nitrogens with one attached hydrogen (secondary N) is 1. The van der Waals surface area contributed by atoms with E-state index in [9.17, 15) is 9.18 Å². The van der Waals surface area contributed by atoms with Crippen molar-refractivity contribution < 1.29 is 9.18 Å². The zero-order valence-electron chi connectivity index (χ0n) is 12.8. The predicted octanol–water partition coefficient (Wildman–Crippen LogP) is 2.04. The van der Waals surface area contributed by atoms with Gasteiger partial charge in [0.05, 0.1) is 10.9 Å². The van der Waals surface area contributed by atoms with Gasteiger partial charge in [0.2, 0.25) is 5.91 Å². The van der Waals surface area contributed by atoms with Crippen molar-refractivity contribution in [1.29, 1.82) is 0 Å². The van der Waals surface area contributed by atoms with Crippen LogP contribution in [-0.4, -0.2) is 40.0 Å². The SMILES string of the molecule is Cn1ccnc1C1CNCCN1C(=O)Cc1ccc(F)c(Br)c1. The molecule has 3 rings (SSSR count). The van der Waals surface area contributed by atoms with Crippen LogP contribution < -0.4 is 5.32 Å². The first-order valence-electron chi connectivity index (χ1n) is 7.47. The Kier molecular flexibility index (Phi) is 4.77. The van der Waals surface area contributed by atoms with Gasteiger partial charge in [-0.3, -0.25) is 4.79 Å². The molecule has 0 saturated carbocycles. The van der Waals surface area contributed by atoms with E-state index in [-0.39, 0.29) is 24.2 Å². The van der Waals surface area contributed by atoms with Gasteiger partial charge >= 0.3 is 0 Å². The van der Waals surface area contributed by atoms with Gasteiger partial charge in [0.15, 0.2) is 0 Å². The van der Waals surface area contributed by atoms with Crippen LogP contribution in [-0.2, 0) is 18.3 Å². The maximum absolute atomic E-state index is 13.3. The summed E-state index contributed by atoms with van der Waals surface area (Å²) in [5.74, 6) is 0.568. The number of hydrogen-bond acceptors (Lipinski definition) is 3. The highest BCUT2D eigenvalue weighted by molar-refractivity contribution is 9.10.